The van der Waals surface area contributed by atoms with Crippen LogP contribution in [0.4, 0.5) is 0 Å². The van der Waals surface area contributed by atoms with Crippen LogP contribution in [0.5, 0.6) is 0 Å². The monoisotopic (exact) mass is 378 g/mol. The number of nitrogens with zero attached hydrogens (tertiary/aromatic N) is 2. The second-order valence-electron chi connectivity index (χ2n) is 8.58. The summed E-state index contributed by atoms with van der Waals surface area (Å²) in [5, 5.41) is 0. The first-order chi connectivity index (χ1) is 12.7. The minimum Gasteiger partial charge on any atom is -0.384 e. The van der Waals surface area contributed by atoms with Crippen LogP contribution in [-0.2, 0) is 16.0 Å². The largest absolute Gasteiger partial charge is 0.384 e. The first-order valence-electron chi connectivity index (χ1n) is 10.3. The molecule has 0 radical (unpaired) electrons. The average Bonchev–Trinajstić information content (AvgIpc) is 3.07. The lowest BCUT2D eigenvalue weighted by Gasteiger charge is -2.54. The van der Waals surface area contributed by atoms with Gasteiger partial charge in [0.15, 0.2) is 0 Å². The summed E-state index contributed by atoms with van der Waals surface area (Å²) < 4.78 is 11.3. The molecule has 0 spiro atoms. The second-order valence-corrected chi connectivity index (χ2v) is 9.95. The summed E-state index contributed by atoms with van der Waals surface area (Å²) in [6.45, 7) is 10.8. The van der Waals surface area contributed by atoms with Crippen molar-refractivity contribution < 1.29 is 9.47 Å². The molecule has 3 fully saturated rings. The molecule has 2 saturated heterocycles. The fourth-order valence-corrected chi connectivity index (χ4v) is 6.51. The number of hydrogen-bond donors (Lipinski definition) is 0. The van der Waals surface area contributed by atoms with Crippen molar-refractivity contribution in [3.8, 4) is 0 Å². The van der Waals surface area contributed by atoms with E-state index in [0.717, 1.165) is 51.4 Å². The van der Waals surface area contributed by atoms with Gasteiger partial charge in [0.1, 0.15) is 0 Å². The van der Waals surface area contributed by atoms with Gasteiger partial charge in [0.25, 0.3) is 0 Å². The van der Waals surface area contributed by atoms with Gasteiger partial charge in [-0.05, 0) is 57.2 Å². The van der Waals surface area contributed by atoms with Gasteiger partial charge in [-0.25, -0.2) is 0 Å². The van der Waals surface area contributed by atoms with Gasteiger partial charge >= 0.3 is 0 Å². The molecule has 0 N–H and O–H groups in total. The number of ether oxygens (including phenoxy) is 2. The third-order valence-electron chi connectivity index (χ3n) is 6.90. The zero-order chi connectivity index (χ0) is 18.0. The van der Waals surface area contributed by atoms with Crippen molar-refractivity contribution in [3.63, 3.8) is 0 Å². The van der Waals surface area contributed by atoms with Crippen molar-refractivity contribution >= 4 is 11.3 Å². The zero-order valence-electron chi connectivity index (χ0n) is 16.4. The van der Waals surface area contributed by atoms with Crippen LogP contribution in [0.25, 0.3) is 0 Å². The third-order valence-corrected chi connectivity index (χ3v) is 7.89. The Hall–Kier alpha value is -0.460. The SMILES string of the molecule is COC[C@@]12CC[C@@H](N3CCOCC3)C[C@H]1CCN(Cc1ccc(C)s1)C2. The fraction of sp³-hybridized carbons (Fsp3) is 0.810. The summed E-state index contributed by atoms with van der Waals surface area (Å²) in [5.74, 6) is 0.811. The van der Waals surface area contributed by atoms with Gasteiger partial charge in [-0.15, -0.1) is 11.3 Å². The van der Waals surface area contributed by atoms with E-state index in [9.17, 15) is 0 Å². The number of likely N-dealkylation sites (tertiary alicyclic amines) is 1. The van der Waals surface area contributed by atoms with E-state index < -0.39 is 0 Å². The van der Waals surface area contributed by atoms with Crippen molar-refractivity contribution in [2.24, 2.45) is 11.3 Å². The lowest BCUT2D eigenvalue weighted by atomic mass is 9.62. The van der Waals surface area contributed by atoms with Crippen LogP contribution in [0, 0.1) is 18.3 Å². The molecule has 1 aromatic rings. The van der Waals surface area contributed by atoms with Crippen LogP contribution < -0.4 is 0 Å². The summed E-state index contributed by atoms with van der Waals surface area (Å²) in [6, 6.07) is 5.33. The lowest BCUT2D eigenvalue weighted by molar-refractivity contribution is -0.0869. The Morgan fingerprint density at radius 1 is 1.23 bits per heavy atom. The van der Waals surface area contributed by atoms with Crippen LogP contribution in [0.3, 0.4) is 0 Å². The maximum absolute atomic E-state index is 5.77. The molecule has 3 atom stereocenters. The Labute approximate surface area is 162 Å². The molecule has 4 rings (SSSR count). The quantitative estimate of drug-likeness (QED) is 0.784. The van der Waals surface area contributed by atoms with Crippen molar-refractivity contribution in [1.29, 1.82) is 0 Å². The van der Waals surface area contributed by atoms with Crippen molar-refractivity contribution in [2.75, 3.05) is 53.1 Å². The lowest BCUT2D eigenvalue weighted by Crippen LogP contribution is -2.56. The molecule has 26 heavy (non-hydrogen) atoms. The van der Waals surface area contributed by atoms with E-state index in [1.165, 1.54) is 48.5 Å². The molecule has 1 saturated carbocycles. The number of methoxy groups -OCH3 is 1. The van der Waals surface area contributed by atoms with Gasteiger partial charge in [-0.2, -0.15) is 0 Å². The normalized spacial score (nSPS) is 33.9. The van der Waals surface area contributed by atoms with Gasteiger partial charge in [-0.1, -0.05) is 0 Å². The number of rotatable bonds is 5. The van der Waals surface area contributed by atoms with Crippen LogP contribution in [-0.4, -0.2) is 69.0 Å². The molecular weight excluding hydrogens is 344 g/mol. The zero-order valence-corrected chi connectivity index (χ0v) is 17.2. The van der Waals surface area contributed by atoms with Crippen molar-refractivity contribution in [2.45, 2.75) is 45.2 Å². The van der Waals surface area contributed by atoms with Crippen LogP contribution in [0.15, 0.2) is 12.1 Å². The molecule has 0 aromatic carbocycles. The predicted octanol–water partition coefficient (Wildman–Crippen LogP) is 3.40. The molecule has 4 nitrogen and oxygen atoms in total. The molecule has 1 aromatic heterocycles. The van der Waals surface area contributed by atoms with Crippen molar-refractivity contribution in [3.05, 3.63) is 21.9 Å². The molecule has 3 heterocycles. The number of morpholine rings is 1. The molecule has 0 bridgehead atoms. The van der Waals surface area contributed by atoms with Crippen LogP contribution in [0.2, 0.25) is 0 Å². The van der Waals surface area contributed by atoms with Crippen LogP contribution >= 0.6 is 11.3 Å². The van der Waals surface area contributed by atoms with E-state index in [1.807, 2.05) is 18.4 Å². The smallest absolute Gasteiger partial charge is 0.0594 e. The third kappa shape index (κ3) is 4.02. The summed E-state index contributed by atoms with van der Waals surface area (Å²) in [7, 11) is 1.89. The number of aryl methyl sites for hydroxylation is 1. The first kappa shape index (κ1) is 18.9. The summed E-state index contributed by atoms with van der Waals surface area (Å²) in [4.78, 5) is 8.32. The molecule has 146 valence electrons. The highest BCUT2D eigenvalue weighted by Crippen LogP contribution is 2.48. The second kappa shape index (κ2) is 8.27. The maximum Gasteiger partial charge on any atom is 0.0594 e. The highest BCUT2D eigenvalue weighted by Gasteiger charge is 2.47. The van der Waals surface area contributed by atoms with Crippen molar-refractivity contribution in [1.82, 2.24) is 9.80 Å². The molecule has 0 amide bonds. The maximum atomic E-state index is 5.77. The Kier molecular flexibility index (Phi) is 6.01. The summed E-state index contributed by atoms with van der Waals surface area (Å²) >= 11 is 1.95. The van der Waals surface area contributed by atoms with E-state index in [4.69, 9.17) is 9.47 Å². The summed E-state index contributed by atoms with van der Waals surface area (Å²) in [6.07, 6.45) is 5.32. The minimum absolute atomic E-state index is 0.363. The molecule has 0 unspecified atom stereocenters. The topological polar surface area (TPSA) is 24.9 Å². The highest BCUT2D eigenvalue weighted by molar-refractivity contribution is 7.11. The number of hydrogen-bond acceptors (Lipinski definition) is 5. The Morgan fingerprint density at radius 3 is 2.81 bits per heavy atom. The number of fused-ring (bicyclic) bond motifs is 1. The predicted molar refractivity (Wildman–Crippen MR) is 107 cm³/mol. The Bertz CT molecular complexity index is 586. The Morgan fingerprint density at radius 2 is 2.08 bits per heavy atom. The van der Waals surface area contributed by atoms with E-state index in [-0.39, 0.29) is 0 Å². The molecule has 1 aliphatic carbocycles. The van der Waals surface area contributed by atoms with Crippen LogP contribution in [0.1, 0.15) is 35.4 Å². The van der Waals surface area contributed by atoms with Gasteiger partial charge in [0.05, 0.1) is 19.8 Å². The average molecular weight is 379 g/mol. The molecule has 5 heteroatoms. The minimum atomic E-state index is 0.363. The van der Waals surface area contributed by atoms with Gasteiger partial charge in [-0.3, -0.25) is 9.80 Å². The van der Waals surface area contributed by atoms with E-state index in [1.54, 1.807) is 0 Å². The fourth-order valence-electron chi connectivity index (χ4n) is 5.57. The van der Waals surface area contributed by atoms with Gasteiger partial charge in [0.2, 0.25) is 0 Å². The molecule has 2 aliphatic heterocycles. The summed E-state index contributed by atoms with van der Waals surface area (Å²) in [5.41, 5.74) is 0.363. The Balaban J connectivity index is 1.42. The molecule has 3 aliphatic rings. The standard InChI is InChI=1S/C21H34N2O2S/c1-17-3-4-20(26-17)14-22-8-6-18-13-19(23-9-11-25-12-10-23)5-7-21(18,15-22)16-24-2/h3-4,18-19H,5-16H2,1-2H3/t18-,19-,21+/m1/s1. The van der Waals surface area contributed by atoms with E-state index in [0.29, 0.717) is 5.41 Å². The van der Waals surface area contributed by atoms with Gasteiger partial charge in [0, 0.05) is 54.5 Å². The highest BCUT2D eigenvalue weighted by atomic mass is 32.1. The van der Waals surface area contributed by atoms with Gasteiger partial charge < -0.3 is 9.47 Å². The van der Waals surface area contributed by atoms with E-state index in [2.05, 4.69) is 28.9 Å². The first-order valence-corrected chi connectivity index (χ1v) is 11.1. The molecular formula is C21H34N2O2S. The number of thiophene rings is 1. The number of piperidine rings is 1. The van der Waals surface area contributed by atoms with E-state index >= 15 is 0 Å².